The van der Waals surface area contributed by atoms with Gasteiger partial charge in [0.05, 0.1) is 23.6 Å². The van der Waals surface area contributed by atoms with E-state index >= 15 is 0 Å². The Morgan fingerprint density at radius 2 is 1.76 bits per heavy atom. The predicted molar refractivity (Wildman–Crippen MR) is 163 cm³/mol. The molecule has 0 bridgehead atoms. The summed E-state index contributed by atoms with van der Waals surface area (Å²) in [5, 5.41) is 10.1. The Hall–Kier alpha value is -3.11. The fourth-order valence-corrected chi connectivity index (χ4v) is 7.09. The number of piperazine rings is 1. The molecule has 0 aliphatic carbocycles. The molecule has 1 fully saturated rings. The number of hydrogen-bond acceptors (Lipinski definition) is 6. The number of nitrogens with zero attached hydrogens (tertiary/aromatic N) is 4. The van der Waals surface area contributed by atoms with Crippen LogP contribution in [0, 0.1) is 0 Å². The van der Waals surface area contributed by atoms with Crippen LogP contribution in [-0.4, -0.2) is 86.0 Å². The average molecular weight is 577 g/mol. The number of carbonyl (C=O) groups excluding carboxylic acids is 1. The number of methoxy groups -OCH3 is 1. The van der Waals surface area contributed by atoms with Crippen LogP contribution in [0.5, 0.6) is 5.75 Å². The molecule has 2 aromatic carbocycles. The van der Waals surface area contributed by atoms with Crippen LogP contribution in [0.3, 0.4) is 0 Å². The highest BCUT2D eigenvalue weighted by atomic mass is 32.2. The quantitative estimate of drug-likeness (QED) is 0.446. The van der Waals surface area contributed by atoms with E-state index in [1.54, 1.807) is 7.11 Å². The molecule has 1 saturated heterocycles. The highest BCUT2D eigenvalue weighted by Gasteiger charge is 2.40. The summed E-state index contributed by atoms with van der Waals surface area (Å²) in [6, 6.07) is 17.6. The molecule has 2 atom stereocenters. The van der Waals surface area contributed by atoms with Crippen LogP contribution in [0.25, 0.3) is 22.4 Å². The molecular formula is C32H40N4O4S. The van der Waals surface area contributed by atoms with Gasteiger partial charge in [0, 0.05) is 56.0 Å². The average Bonchev–Trinajstić information content (AvgIpc) is 3.34. The molecule has 1 N–H and O–H groups in total. The molecule has 41 heavy (non-hydrogen) atoms. The van der Waals surface area contributed by atoms with Gasteiger partial charge in [-0.05, 0) is 63.6 Å². The first-order chi connectivity index (χ1) is 19.6. The zero-order valence-corrected chi connectivity index (χ0v) is 25.4. The molecule has 5 rings (SSSR count). The van der Waals surface area contributed by atoms with E-state index in [2.05, 4.69) is 18.0 Å². The van der Waals surface area contributed by atoms with Crippen molar-refractivity contribution < 1.29 is 18.8 Å². The number of para-hydroxylation sites is 1. The van der Waals surface area contributed by atoms with Crippen LogP contribution in [0.1, 0.15) is 54.8 Å². The number of ether oxygens (including phenoxy) is 1. The Balaban J connectivity index is 1.66. The van der Waals surface area contributed by atoms with Crippen molar-refractivity contribution in [3.63, 3.8) is 0 Å². The lowest BCUT2D eigenvalue weighted by molar-refractivity contribution is 0.0658. The highest BCUT2D eigenvalue weighted by molar-refractivity contribution is 7.84. The fourth-order valence-electron chi connectivity index (χ4n) is 5.69. The topological polar surface area (TPSA) is 86.2 Å². The standard InChI is InChI=1S/C32H40N4O4S/c1-32(2,3)41(39)36-21-24-20-26(31(38)35-16-14-34(4)15-17-35)33-30(29(24)27(36)13-18-37)23-10-8-9-22(19-23)25-11-6-7-12-28(25)40-5/h6-12,19-20,27,37H,13-18,21H2,1-5H3/t27-,41-/m1/s1. The van der Waals surface area contributed by atoms with Crippen molar-refractivity contribution in [2.45, 2.75) is 44.5 Å². The lowest BCUT2D eigenvalue weighted by atomic mass is 9.93. The normalized spacial score (nSPS) is 18.8. The molecule has 0 spiro atoms. The number of aromatic nitrogens is 1. The van der Waals surface area contributed by atoms with Gasteiger partial charge in [0.2, 0.25) is 0 Å². The number of amides is 1. The smallest absolute Gasteiger partial charge is 0.272 e. The first-order valence-electron chi connectivity index (χ1n) is 14.2. The summed E-state index contributed by atoms with van der Waals surface area (Å²) in [6.07, 6.45) is 0.418. The van der Waals surface area contributed by atoms with Crippen LogP contribution in [0.2, 0.25) is 0 Å². The minimum absolute atomic E-state index is 0.0510. The van der Waals surface area contributed by atoms with Gasteiger partial charge in [0.1, 0.15) is 22.4 Å². The Morgan fingerprint density at radius 3 is 2.44 bits per heavy atom. The molecular weight excluding hydrogens is 536 g/mol. The molecule has 0 saturated carbocycles. The number of pyridine rings is 1. The number of aliphatic hydroxyl groups is 1. The number of fused-ring (bicyclic) bond motifs is 1. The van der Waals surface area contributed by atoms with Gasteiger partial charge in [-0.25, -0.2) is 13.5 Å². The third-order valence-electron chi connectivity index (χ3n) is 7.85. The Labute approximate surface area is 245 Å². The van der Waals surface area contributed by atoms with Gasteiger partial charge in [-0.1, -0.05) is 36.4 Å². The number of likely N-dealkylation sites (N-methyl/N-ethyl adjacent to an activating group) is 1. The van der Waals surface area contributed by atoms with Gasteiger partial charge in [-0.15, -0.1) is 0 Å². The van der Waals surface area contributed by atoms with Crippen LogP contribution in [-0.2, 0) is 17.5 Å². The molecule has 218 valence electrons. The SMILES string of the molecule is COc1ccccc1-c1cccc(-c2nc(C(=O)N3CCN(C)CC3)cc3c2[C@@H](CCO)N([S@](=O)C(C)(C)C)C3)c1. The van der Waals surface area contributed by atoms with E-state index in [1.165, 1.54) is 0 Å². The second kappa shape index (κ2) is 12.0. The maximum absolute atomic E-state index is 13.8. The van der Waals surface area contributed by atoms with Crippen molar-refractivity contribution >= 4 is 16.9 Å². The van der Waals surface area contributed by atoms with Crippen molar-refractivity contribution in [3.8, 4) is 28.1 Å². The lowest BCUT2D eigenvalue weighted by Crippen LogP contribution is -2.47. The lowest BCUT2D eigenvalue weighted by Gasteiger charge is -2.32. The van der Waals surface area contributed by atoms with Crippen molar-refractivity contribution in [1.29, 1.82) is 0 Å². The molecule has 1 amide bonds. The van der Waals surface area contributed by atoms with E-state index in [0.717, 1.165) is 46.7 Å². The minimum Gasteiger partial charge on any atom is -0.496 e. The third kappa shape index (κ3) is 5.95. The largest absolute Gasteiger partial charge is 0.496 e. The monoisotopic (exact) mass is 576 g/mol. The Kier molecular flexibility index (Phi) is 8.61. The van der Waals surface area contributed by atoms with Gasteiger partial charge >= 0.3 is 0 Å². The molecule has 0 radical (unpaired) electrons. The van der Waals surface area contributed by atoms with Crippen LogP contribution >= 0.6 is 0 Å². The Morgan fingerprint density at radius 1 is 1.05 bits per heavy atom. The zero-order chi connectivity index (χ0) is 29.3. The number of hydrogen-bond donors (Lipinski definition) is 1. The summed E-state index contributed by atoms with van der Waals surface area (Å²) in [5.41, 5.74) is 5.76. The summed E-state index contributed by atoms with van der Waals surface area (Å²) in [6.45, 7) is 9.20. The predicted octanol–water partition coefficient (Wildman–Crippen LogP) is 4.51. The van der Waals surface area contributed by atoms with E-state index in [-0.39, 0.29) is 18.6 Å². The first kappa shape index (κ1) is 29.4. The van der Waals surface area contributed by atoms with Gasteiger partial charge < -0.3 is 19.6 Å². The van der Waals surface area contributed by atoms with Gasteiger partial charge in [-0.2, -0.15) is 0 Å². The summed E-state index contributed by atoms with van der Waals surface area (Å²) in [4.78, 5) is 22.9. The van der Waals surface area contributed by atoms with Crippen LogP contribution in [0.4, 0.5) is 0 Å². The maximum Gasteiger partial charge on any atom is 0.272 e. The number of carbonyl (C=O) groups is 1. The van der Waals surface area contributed by atoms with Crippen LogP contribution in [0.15, 0.2) is 54.6 Å². The summed E-state index contributed by atoms with van der Waals surface area (Å²) >= 11 is 0. The minimum atomic E-state index is -1.32. The molecule has 3 heterocycles. The number of aliphatic hydroxyl groups excluding tert-OH is 1. The fraction of sp³-hybridized carbons (Fsp3) is 0.438. The molecule has 2 aliphatic rings. The van der Waals surface area contributed by atoms with Gasteiger partial charge in [-0.3, -0.25) is 4.79 Å². The summed E-state index contributed by atoms with van der Waals surface area (Å²) in [5.74, 6) is 0.684. The van der Waals surface area contributed by atoms with E-state index in [4.69, 9.17) is 9.72 Å². The van der Waals surface area contributed by atoms with Gasteiger partial charge in [0.25, 0.3) is 5.91 Å². The molecule has 9 heteroatoms. The van der Waals surface area contributed by atoms with Crippen LogP contribution < -0.4 is 4.74 Å². The van der Waals surface area contributed by atoms with E-state index in [1.807, 2.05) is 78.5 Å². The molecule has 1 aromatic heterocycles. The molecule has 2 aliphatic heterocycles. The summed E-state index contributed by atoms with van der Waals surface area (Å²) in [7, 11) is 2.40. The van der Waals surface area contributed by atoms with E-state index < -0.39 is 15.7 Å². The third-order valence-corrected chi connectivity index (χ3v) is 9.71. The molecule has 8 nitrogen and oxygen atoms in total. The molecule has 3 aromatic rings. The second-order valence-electron chi connectivity index (χ2n) is 11.8. The van der Waals surface area contributed by atoms with E-state index in [9.17, 15) is 14.1 Å². The molecule has 0 unspecified atom stereocenters. The van der Waals surface area contributed by atoms with Gasteiger partial charge in [0.15, 0.2) is 0 Å². The van der Waals surface area contributed by atoms with E-state index in [0.29, 0.717) is 37.4 Å². The highest BCUT2D eigenvalue weighted by Crippen LogP contribution is 2.44. The van der Waals surface area contributed by atoms with Crippen molar-refractivity contribution in [2.24, 2.45) is 0 Å². The number of rotatable bonds is 7. The number of benzene rings is 2. The zero-order valence-electron chi connectivity index (χ0n) is 24.6. The van der Waals surface area contributed by atoms with Crippen molar-refractivity contribution in [1.82, 2.24) is 19.1 Å². The van der Waals surface area contributed by atoms with Crippen molar-refractivity contribution in [3.05, 3.63) is 71.4 Å². The maximum atomic E-state index is 13.8. The summed E-state index contributed by atoms with van der Waals surface area (Å²) < 4.78 is 20.8. The Bertz CT molecular complexity index is 1450. The van der Waals surface area contributed by atoms with Crippen molar-refractivity contribution in [2.75, 3.05) is 46.9 Å². The first-order valence-corrected chi connectivity index (χ1v) is 15.3. The second-order valence-corrected chi connectivity index (χ2v) is 14.0.